The Balaban J connectivity index is 2.55. The number of aromatic hydroxyl groups is 2. The number of phenols is 2. The Morgan fingerprint density at radius 1 is 1.04 bits per heavy atom. The van der Waals surface area contributed by atoms with Crippen LogP contribution in [-0.4, -0.2) is 30.2 Å². The van der Waals surface area contributed by atoms with Gasteiger partial charge in [0.1, 0.15) is 11.5 Å². The molecule has 5 heteroatoms. The van der Waals surface area contributed by atoms with Crippen LogP contribution in [0.25, 0.3) is 0 Å². The lowest BCUT2D eigenvalue weighted by Gasteiger charge is -2.17. The largest absolute Gasteiger partial charge is 0.508 e. The molecule has 0 aromatic heterocycles. The van der Waals surface area contributed by atoms with Crippen LogP contribution in [0, 0.1) is 0 Å². The lowest BCUT2D eigenvalue weighted by atomic mass is 9.95. The minimum absolute atomic E-state index is 0.0264. The molecule has 0 bridgehead atoms. The lowest BCUT2D eigenvalue weighted by Crippen LogP contribution is -2.12. The number of ether oxygens (including phenoxy) is 2. The number of methoxy groups -OCH3 is 2. The van der Waals surface area contributed by atoms with Gasteiger partial charge in [0.25, 0.3) is 0 Å². The molecular weight excluding hydrogens is 296 g/mol. The predicted octanol–water partition coefficient (Wildman–Crippen LogP) is 3.18. The van der Waals surface area contributed by atoms with Gasteiger partial charge in [-0.3, -0.25) is 4.79 Å². The Bertz CT molecular complexity index is 705. The molecule has 122 valence electrons. The molecule has 0 aliphatic heterocycles. The molecule has 2 rings (SSSR count). The number of carbonyl (C=O) groups is 1. The molecule has 5 nitrogen and oxygen atoms in total. The van der Waals surface area contributed by atoms with Gasteiger partial charge in [-0.25, -0.2) is 0 Å². The van der Waals surface area contributed by atoms with Crippen LogP contribution in [0.3, 0.4) is 0 Å². The maximum atomic E-state index is 12.9. The number of ketones is 1. The Kier molecular flexibility index (Phi) is 5.36. The first-order valence-corrected chi connectivity index (χ1v) is 7.28. The molecule has 2 aromatic rings. The molecular formula is C18H20O5. The van der Waals surface area contributed by atoms with Crippen molar-refractivity contribution in [3.8, 4) is 11.5 Å². The van der Waals surface area contributed by atoms with Crippen molar-refractivity contribution >= 4 is 5.78 Å². The van der Waals surface area contributed by atoms with Crippen molar-refractivity contribution in [2.45, 2.75) is 19.6 Å². The second kappa shape index (κ2) is 7.26. The van der Waals surface area contributed by atoms with Gasteiger partial charge in [-0.1, -0.05) is 31.2 Å². The fourth-order valence-electron chi connectivity index (χ4n) is 2.56. The van der Waals surface area contributed by atoms with E-state index >= 15 is 0 Å². The van der Waals surface area contributed by atoms with Gasteiger partial charge < -0.3 is 19.7 Å². The van der Waals surface area contributed by atoms with Gasteiger partial charge in [0, 0.05) is 30.9 Å². The summed E-state index contributed by atoms with van der Waals surface area (Å²) in [5, 5.41) is 20.1. The first kappa shape index (κ1) is 17.0. The quantitative estimate of drug-likeness (QED) is 0.632. The molecule has 0 amide bonds. The maximum Gasteiger partial charge on any atom is 0.197 e. The lowest BCUT2D eigenvalue weighted by molar-refractivity contribution is -0.106. The second-order valence-electron chi connectivity index (χ2n) is 5.03. The van der Waals surface area contributed by atoms with Crippen molar-refractivity contribution in [1.29, 1.82) is 0 Å². The predicted molar refractivity (Wildman–Crippen MR) is 85.8 cm³/mol. The Hall–Kier alpha value is -2.37. The smallest absolute Gasteiger partial charge is 0.197 e. The van der Waals surface area contributed by atoms with Crippen LogP contribution in [0.2, 0.25) is 0 Å². The van der Waals surface area contributed by atoms with E-state index in [-0.39, 0.29) is 22.8 Å². The molecule has 23 heavy (non-hydrogen) atoms. The van der Waals surface area contributed by atoms with Crippen molar-refractivity contribution in [3.63, 3.8) is 0 Å². The highest BCUT2D eigenvalue weighted by Crippen LogP contribution is 2.33. The van der Waals surface area contributed by atoms with Crippen LogP contribution in [0.1, 0.15) is 40.3 Å². The molecule has 0 aliphatic rings. The van der Waals surface area contributed by atoms with E-state index in [9.17, 15) is 15.0 Å². The van der Waals surface area contributed by atoms with Crippen LogP contribution in [-0.2, 0) is 15.9 Å². The van der Waals surface area contributed by atoms with E-state index in [0.717, 1.165) is 0 Å². The number of hydrogen-bond acceptors (Lipinski definition) is 5. The summed E-state index contributed by atoms with van der Waals surface area (Å²) in [6.45, 7) is 1.79. The first-order valence-electron chi connectivity index (χ1n) is 7.28. The zero-order valence-electron chi connectivity index (χ0n) is 13.4. The summed E-state index contributed by atoms with van der Waals surface area (Å²) in [4.78, 5) is 12.9. The molecule has 0 saturated carbocycles. The summed E-state index contributed by atoms with van der Waals surface area (Å²) in [6.07, 6.45) is -0.265. The topological polar surface area (TPSA) is 76.0 Å². The molecule has 0 spiro atoms. The normalized spacial score (nSPS) is 11.0. The SMILES string of the molecule is CCc1c(O)ccc(C(=O)c2ccccc2C(OC)OC)c1O. The zero-order valence-corrected chi connectivity index (χ0v) is 13.4. The highest BCUT2D eigenvalue weighted by atomic mass is 16.7. The maximum absolute atomic E-state index is 12.9. The monoisotopic (exact) mass is 316 g/mol. The van der Waals surface area contributed by atoms with Crippen LogP contribution in [0.5, 0.6) is 11.5 Å². The number of benzene rings is 2. The Morgan fingerprint density at radius 2 is 1.70 bits per heavy atom. The average Bonchev–Trinajstić information content (AvgIpc) is 2.56. The van der Waals surface area contributed by atoms with Gasteiger partial charge in [0.05, 0.1) is 5.56 Å². The van der Waals surface area contributed by atoms with E-state index < -0.39 is 6.29 Å². The fourth-order valence-corrected chi connectivity index (χ4v) is 2.56. The van der Waals surface area contributed by atoms with Crippen molar-refractivity contribution < 1.29 is 24.5 Å². The van der Waals surface area contributed by atoms with Crippen LogP contribution in [0.4, 0.5) is 0 Å². The third-order valence-electron chi connectivity index (χ3n) is 3.74. The number of rotatable bonds is 6. The summed E-state index contributed by atoms with van der Waals surface area (Å²) < 4.78 is 10.5. The number of hydrogen-bond donors (Lipinski definition) is 2. The number of phenolic OH excluding ortho intramolecular Hbond substituents is 2. The summed E-state index contributed by atoms with van der Waals surface area (Å²) in [7, 11) is 2.98. The molecule has 2 aromatic carbocycles. The molecule has 0 atom stereocenters. The molecule has 2 N–H and O–H groups in total. The van der Waals surface area contributed by atoms with E-state index in [1.165, 1.54) is 26.4 Å². The molecule has 0 aliphatic carbocycles. The van der Waals surface area contributed by atoms with Crippen LogP contribution in [0.15, 0.2) is 36.4 Å². The van der Waals surface area contributed by atoms with Gasteiger partial charge in [0.15, 0.2) is 12.1 Å². The Morgan fingerprint density at radius 3 is 2.30 bits per heavy atom. The first-order chi connectivity index (χ1) is 11.0. The van der Waals surface area contributed by atoms with E-state index in [1.54, 1.807) is 31.2 Å². The molecule has 0 unspecified atom stereocenters. The molecule has 0 fully saturated rings. The highest BCUT2D eigenvalue weighted by molar-refractivity contribution is 6.12. The van der Waals surface area contributed by atoms with Gasteiger partial charge >= 0.3 is 0 Å². The third-order valence-corrected chi connectivity index (χ3v) is 3.74. The summed E-state index contributed by atoms with van der Waals surface area (Å²) in [5.41, 5.74) is 1.44. The van der Waals surface area contributed by atoms with E-state index in [0.29, 0.717) is 23.1 Å². The zero-order chi connectivity index (χ0) is 17.0. The number of carbonyl (C=O) groups excluding carboxylic acids is 1. The Labute approximate surface area is 135 Å². The summed E-state index contributed by atoms with van der Waals surface area (Å²) >= 11 is 0. The van der Waals surface area contributed by atoms with Crippen LogP contribution >= 0.6 is 0 Å². The van der Waals surface area contributed by atoms with E-state index in [2.05, 4.69) is 0 Å². The van der Waals surface area contributed by atoms with Gasteiger partial charge in [-0.05, 0) is 18.6 Å². The highest BCUT2D eigenvalue weighted by Gasteiger charge is 2.23. The standard InChI is InChI=1S/C18H20O5/c1-4-11-15(19)10-9-14(16(11)20)17(21)12-7-5-6-8-13(12)18(22-2)23-3/h5-10,18-20H,4H2,1-3H3. The minimum Gasteiger partial charge on any atom is -0.508 e. The van der Waals surface area contributed by atoms with Crippen LogP contribution < -0.4 is 0 Å². The molecule has 0 heterocycles. The summed E-state index contributed by atoms with van der Waals surface area (Å²) in [5.74, 6) is -0.577. The fraction of sp³-hybridized carbons (Fsp3) is 0.278. The van der Waals surface area contributed by atoms with Crippen molar-refractivity contribution in [2.75, 3.05) is 14.2 Å². The van der Waals surface area contributed by atoms with E-state index in [1.807, 2.05) is 0 Å². The third kappa shape index (κ3) is 3.21. The molecule has 0 saturated heterocycles. The minimum atomic E-state index is -0.681. The second-order valence-corrected chi connectivity index (χ2v) is 5.03. The van der Waals surface area contributed by atoms with Gasteiger partial charge in [-0.2, -0.15) is 0 Å². The van der Waals surface area contributed by atoms with Crippen molar-refractivity contribution in [2.24, 2.45) is 0 Å². The van der Waals surface area contributed by atoms with Crippen molar-refractivity contribution in [1.82, 2.24) is 0 Å². The van der Waals surface area contributed by atoms with Gasteiger partial charge in [-0.15, -0.1) is 0 Å². The molecule has 0 radical (unpaired) electrons. The summed E-state index contributed by atoms with van der Waals surface area (Å²) in [6, 6.07) is 9.74. The van der Waals surface area contributed by atoms with Crippen molar-refractivity contribution in [3.05, 3.63) is 58.7 Å². The van der Waals surface area contributed by atoms with Gasteiger partial charge in [0.2, 0.25) is 0 Å². The van der Waals surface area contributed by atoms with E-state index in [4.69, 9.17) is 9.47 Å². The average molecular weight is 316 g/mol.